The van der Waals surface area contributed by atoms with Gasteiger partial charge >= 0.3 is 0 Å². The Morgan fingerprint density at radius 3 is 3.00 bits per heavy atom. The van der Waals surface area contributed by atoms with Crippen molar-refractivity contribution in [1.29, 1.82) is 0 Å². The van der Waals surface area contributed by atoms with E-state index in [0.717, 1.165) is 18.8 Å². The number of hydrogen-bond acceptors (Lipinski definition) is 2. The molecule has 0 aromatic heterocycles. The summed E-state index contributed by atoms with van der Waals surface area (Å²) in [6.07, 6.45) is 2.79. The maximum atomic E-state index is 5.93. The molecule has 1 unspecified atom stereocenters. The van der Waals surface area contributed by atoms with E-state index in [-0.39, 0.29) is 0 Å². The van der Waals surface area contributed by atoms with Crippen LogP contribution in [-0.4, -0.2) is 30.6 Å². The van der Waals surface area contributed by atoms with Crippen LogP contribution in [0.4, 0.5) is 0 Å². The quantitative estimate of drug-likeness (QED) is 0.749. The van der Waals surface area contributed by atoms with Crippen LogP contribution in [0.5, 0.6) is 5.75 Å². The van der Waals surface area contributed by atoms with Crippen molar-refractivity contribution >= 4 is 0 Å². The van der Waals surface area contributed by atoms with E-state index in [9.17, 15) is 0 Å². The first-order chi connectivity index (χ1) is 7.38. The largest absolute Gasteiger partial charge is 0.489 e. The van der Waals surface area contributed by atoms with E-state index in [2.05, 4.69) is 17.9 Å². The van der Waals surface area contributed by atoms with Crippen molar-refractivity contribution in [3.05, 3.63) is 30.3 Å². The lowest BCUT2D eigenvalue weighted by atomic mass is 10.1. The van der Waals surface area contributed by atoms with Crippen LogP contribution in [-0.2, 0) is 0 Å². The second-order valence-electron chi connectivity index (χ2n) is 4.01. The van der Waals surface area contributed by atoms with Gasteiger partial charge in [-0.3, -0.25) is 4.90 Å². The first kappa shape index (κ1) is 10.5. The average molecular weight is 204 g/mol. The Bertz CT molecular complexity index is 286. The SMILES string of the molecule is CCN1CCCC(Oc2cc[c]cc2)C1. The molecule has 15 heavy (non-hydrogen) atoms. The second kappa shape index (κ2) is 5.17. The molecule has 1 fully saturated rings. The highest BCUT2D eigenvalue weighted by molar-refractivity contribution is 5.20. The van der Waals surface area contributed by atoms with Gasteiger partial charge in [-0.1, -0.05) is 19.1 Å². The smallest absolute Gasteiger partial charge is 0.119 e. The van der Waals surface area contributed by atoms with Gasteiger partial charge in [-0.15, -0.1) is 0 Å². The molecule has 2 nitrogen and oxygen atoms in total. The van der Waals surface area contributed by atoms with Crippen molar-refractivity contribution in [3.8, 4) is 5.75 Å². The Morgan fingerprint density at radius 2 is 2.27 bits per heavy atom. The van der Waals surface area contributed by atoms with Gasteiger partial charge in [-0.05, 0) is 44.1 Å². The van der Waals surface area contributed by atoms with Gasteiger partial charge in [0.05, 0.1) is 0 Å². The van der Waals surface area contributed by atoms with E-state index < -0.39 is 0 Å². The van der Waals surface area contributed by atoms with Crippen LogP contribution in [0.15, 0.2) is 24.3 Å². The van der Waals surface area contributed by atoms with Crippen molar-refractivity contribution < 1.29 is 4.74 Å². The maximum absolute atomic E-state index is 5.93. The van der Waals surface area contributed by atoms with E-state index in [1.807, 2.05) is 24.3 Å². The summed E-state index contributed by atoms with van der Waals surface area (Å²) in [5, 5.41) is 0. The highest BCUT2D eigenvalue weighted by Gasteiger charge is 2.19. The molecule has 0 bridgehead atoms. The molecule has 1 heterocycles. The molecule has 0 N–H and O–H groups in total. The lowest BCUT2D eigenvalue weighted by molar-refractivity contribution is 0.0920. The van der Waals surface area contributed by atoms with Crippen LogP contribution >= 0.6 is 0 Å². The van der Waals surface area contributed by atoms with Crippen LogP contribution in [0.1, 0.15) is 19.8 Å². The van der Waals surface area contributed by atoms with Crippen LogP contribution in [0.3, 0.4) is 0 Å². The van der Waals surface area contributed by atoms with Crippen LogP contribution < -0.4 is 4.74 Å². The summed E-state index contributed by atoms with van der Waals surface area (Å²) in [7, 11) is 0. The summed E-state index contributed by atoms with van der Waals surface area (Å²) >= 11 is 0. The molecular formula is C13H18NO. The number of piperidine rings is 1. The lowest BCUT2D eigenvalue weighted by Gasteiger charge is -2.31. The van der Waals surface area contributed by atoms with E-state index in [1.165, 1.54) is 19.4 Å². The van der Waals surface area contributed by atoms with Gasteiger partial charge in [0.15, 0.2) is 0 Å². The summed E-state index contributed by atoms with van der Waals surface area (Å²) in [5.41, 5.74) is 0. The highest BCUT2D eigenvalue weighted by atomic mass is 16.5. The molecule has 0 aliphatic carbocycles. The Balaban J connectivity index is 1.89. The zero-order chi connectivity index (χ0) is 10.5. The van der Waals surface area contributed by atoms with E-state index in [0.29, 0.717) is 6.10 Å². The van der Waals surface area contributed by atoms with Crippen molar-refractivity contribution in [2.45, 2.75) is 25.9 Å². The fourth-order valence-corrected chi connectivity index (χ4v) is 2.04. The third-order valence-corrected chi connectivity index (χ3v) is 2.90. The number of benzene rings is 1. The minimum Gasteiger partial charge on any atom is -0.489 e. The Kier molecular flexibility index (Phi) is 3.62. The average Bonchev–Trinajstić information content (AvgIpc) is 2.31. The molecule has 1 aliphatic rings. The minimum atomic E-state index is 0.362. The number of likely N-dealkylation sites (tertiary alicyclic amines) is 1. The zero-order valence-corrected chi connectivity index (χ0v) is 9.28. The molecule has 1 radical (unpaired) electrons. The van der Waals surface area contributed by atoms with Gasteiger partial charge in [-0.25, -0.2) is 0 Å². The molecule has 2 rings (SSSR count). The van der Waals surface area contributed by atoms with Crippen molar-refractivity contribution in [1.82, 2.24) is 4.90 Å². The first-order valence-electron chi connectivity index (χ1n) is 5.73. The normalized spacial score (nSPS) is 22.6. The zero-order valence-electron chi connectivity index (χ0n) is 9.28. The summed E-state index contributed by atoms with van der Waals surface area (Å²) in [6.45, 7) is 5.62. The number of likely N-dealkylation sites (N-methyl/N-ethyl adjacent to an activating group) is 1. The molecular weight excluding hydrogens is 186 g/mol. The molecule has 2 heteroatoms. The van der Waals surface area contributed by atoms with Crippen molar-refractivity contribution in [2.24, 2.45) is 0 Å². The van der Waals surface area contributed by atoms with Gasteiger partial charge in [0.25, 0.3) is 0 Å². The summed E-state index contributed by atoms with van der Waals surface area (Å²) in [6, 6.07) is 10.8. The van der Waals surface area contributed by atoms with Crippen molar-refractivity contribution in [3.63, 3.8) is 0 Å². The van der Waals surface area contributed by atoms with Crippen LogP contribution in [0.2, 0.25) is 0 Å². The van der Waals surface area contributed by atoms with Gasteiger partial charge in [0.1, 0.15) is 11.9 Å². The summed E-state index contributed by atoms with van der Waals surface area (Å²) in [5.74, 6) is 0.969. The molecule has 1 aliphatic heterocycles. The highest BCUT2D eigenvalue weighted by Crippen LogP contribution is 2.17. The van der Waals surface area contributed by atoms with E-state index in [4.69, 9.17) is 4.74 Å². The Hall–Kier alpha value is -1.02. The number of ether oxygens (including phenoxy) is 1. The van der Waals surface area contributed by atoms with Crippen molar-refractivity contribution in [2.75, 3.05) is 19.6 Å². The molecule has 1 atom stereocenters. The Morgan fingerprint density at radius 1 is 1.47 bits per heavy atom. The van der Waals surface area contributed by atoms with Crippen LogP contribution in [0, 0.1) is 6.07 Å². The second-order valence-corrected chi connectivity index (χ2v) is 4.01. The van der Waals surface area contributed by atoms with Gasteiger partial charge < -0.3 is 4.74 Å². The van der Waals surface area contributed by atoms with Gasteiger partial charge in [0, 0.05) is 6.54 Å². The standard InChI is InChI=1S/C13H18NO/c1-2-14-10-6-9-13(11-14)15-12-7-4-3-5-8-12/h4-5,7-8,13H,2,6,9-11H2,1H3. The summed E-state index contributed by atoms with van der Waals surface area (Å²) in [4.78, 5) is 2.45. The van der Waals surface area contributed by atoms with Gasteiger partial charge in [0.2, 0.25) is 0 Å². The monoisotopic (exact) mass is 204 g/mol. The number of nitrogens with zero attached hydrogens (tertiary/aromatic N) is 1. The molecule has 0 spiro atoms. The number of hydrogen-bond donors (Lipinski definition) is 0. The minimum absolute atomic E-state index is 0.362. The third-order valence-electron chi connectivity index (χ3n) is 2.90. The molecule has 1 aromatic rings. The van der Waals surface area contributed by atoms with E-state index >= 15 is 0 Å². The fraction of sp³-hybridized carbons (Fsp3) is 0.538. The Labute approximate surface area is 91.9 Å². The fourth-order valence-electron chi connectivity index (χ4n) is 2.04. The third kappa shape index (κ3) is 2.96. The molecule has 1 saturated heterocycles. The molecule has 1 aromatic carbocycles. The molecule has 0 saturated carbocycles. The topological polar surface area (TPSA) is 12.5 Å². The predicted molar refractivity (Wildman–Crippen MR) is 61.0 cm³/mol. The predicted octanol–water partition coefficient (Wildman–Crippen LogP) is 2.35. The van der Waals surface area contributed by atoms with E-state index in [1.54, 1.807) is 0 Å². The molecule has 81 valence electrons. The van der Waals surface area contributed by atoms with Crippen LogP contribution in [0.25, 0.3) is 0 Å². The van der Waals surface area contributed by atoms with Gasteiger partial charge in [-0.2, -0.15) is 0 Å². The number of rotatable bonds is 3. The summed E-state index contributed by atoms with van der Waals surface area (Å²) < 4.78 is 5.93. The molecule has 0 amide bonds. The first-order valence-corrected chi connectivity index (χ1v) is 5.73. The maximum Gasteiger partial charge on any atom is 0.119 e. The lowest BCUT2D eigenvalue weighted by Crippen LogP contribution is -2.40.